The number of rotatable bonds is 2. The Balaban J connectivity index is 2.16. The molecule has 2 rings (SSSR count). The molecule has 1 saturated heterocycles. The van der Waals surface area contributed by atoms with Gasteiger partial charge in [0.15, 0.2) is 0 Å². The molecule has 1 atom stereocenters. The molecule has 1 fully saturated rings. The van der Waals surface area contributed by atoms with Gasteiger partial charge in [-0.3, -0.25) is 4.79 Å². The number of likely N-dealkylation sites (N-methyl/N-ethyl adjacent to an activating group) is 1. The lowest BCUT2D eigenvalue weighted by Gasteiger charge is -2.39. The molecule has 0 bridgehead atoms. The van der Waals surface area contributed by atoms with Crippen molar-refractivity contribution in [3.8, 4) is 0 Å². The van der Waals surface area contributed by atoms with Crippen LogP contribution in [0.4, 0.5) is 0 Å². The standard InChI is InChI=1S/C11H16ClN3O2/c1-14-3-4-15(8(6-13)7-14)11(16)9-2-5-17-10(9)12/h2,5,8H,3-4,6-7,13H2,1H3. The molecule has 1 unspecified atom stereocenters. The Labute approximate surface area is 105 Å². The van der Waals surface area contributed by atoms with Crippen LogP contribution in [-0.2, 0) is 0 Å². The third-order valence-electron chi connectivity index (χ3n) is 3.07. The molecule has 17 heavy (non-hydrogen) atoms. The highest BCUT2D eigenvalue weighted by atomic mass is 35.5. The largest absolute Gasteiger partial charge is 0.452 e. The van der Waals surface area contributed by atoms with Gasteiger partial charge in [-0.15, -0.1) is 0 Å². The summed E-state index contributed by atoms with van der Waals surface area (Å²) < 4.78 is 4.94. The average molecular weight is 258 g/mol. The van der Waals surface area contributed by atoms with Crippen molar-refractivity contribution in [2.24, 2.45) is 5.73 Å². The topological polar surface area (TPSA) is 62.7 Å². The molecule has 0 aromatic carbocycles. The van der Waals surface area contributed by atoms with E-state index in [9.17, 15) is 4.79 Å². The average Bonchev–Trinajstić information content (AvgIpc) is 2.74. The van der Waals surface area contributed by atoms with Gasteiger partial charge < -0.3 is 20.0 Å². The molecule has 1 aromatic heterocycles. The van der Waals surface area contributed by atoms with E-state index in [4.69, 9.17) is 21.8 Å². The van der Waals surface area contributed by atoms with Crippen molar-refractivity contribution in [3.05, 3.63) is 23.1 Å². The molecule has 1 aliphatic heterocycles. The summed E-state index contributed by atoms with van der Waals surface area (Å²) in [6, 6.07) is 1.63. The highest BCUT2D eigenvalue weighted by Crippen LogP contribution is 2.20. The lowest BCUT2D eigenvalue weighted by Crippen LogP contribution is -2.56. The SMILES string of the molecule is CN1CCN(C(=O)c2ccoc2Cl)C(CN)C1. The Morgan fingerprint density at radius 2 is 2.41 bits per heavy atom. The molecular weight excluding hydrogens is 242 g/mol. The van der Waals surface area contributed by atoms with Crippen LogP contribution in [0.5, 0.6) is 0 Å². The first kappa shape index (κ1) is 12.4. The quantitative estimate of drug-likeness (QED) is 0.845. The van der Waals surface area contributed by atoms with Gasteiger partial charge >= 0.3 is 0 Å². The van der Waals surface area contributed by atoms with E-state index in [1.165, 1.54) is 6.26 Å². The number of carbonyl (C=O) groups is 1. The molecule has 0 saturated carbocycles. The molecule has 1 aromatic rings. The Morgan fingerprint density at radius 1 is 1.65 bits per heavy atom. The van der Waals surface area contributed by atoms with Gasteiger partial charge in [0.1, 0.15) is 0 Å². The van der Waals surface area contributed by atoms with Gasteiger partial charge in [0.05, 0.1) is 17.9 Å². The maximum Gasteiger partial charge on any atom is 0.259 e. The van der Waals surface area contributed by atoms with E-state index in [-0.39, 0.29) is 17.2 Å². The van der Waals surface area contributed by atoms with Crippen LogP contribution in [0, 0.1) is 0 Å². The van der Waals surface area contributed by atoms with Gasteiger partial charge in [-0.2, -0.15) is 0 Å². The van der Waals surface area contributed by atoms with E-state index >= 15 is 0 Å². The first-order valence-corrected chi connectivity index (χ1v) is 5.94. The third-order valence-corrected chi connectivity index (χ3v) is 3.36. The van der Waals surface area contributed by atoms with Crippen LogP contribution in [0.3, 0.4) is 0 Å². The van der Waals surface area contributed by atoms with Gasteiger partial charge in [0.2, 0.25) is 5.22 Å². The molecule has 94 valence electrons. The summed E-state index contributed by atoms with van der Waals surface area (Å²) in [6.45, 7) is 2.75. The number of hydrogen-bond acceptors (Lipinski definition) is 4. The summed E-state index contributed by atoms with van der Waals surface area (Å²) in [7, 11) is 2.02. The predicted molar refractivity (Wildman–Crippen MR) is 65.1 cm³/mol. The zero-order valence-corrected chi connectivity index (χ0v) is 10.5. The van der Waals surface area contributed by atoms with Gasteiger partial charge in [-0.1, -0.05) is 0 Å². The van der Waals surface area contributed by atoms with Crippen LogP contribution in [0.2, 0.25) is 5.22 Å². The molecule has 5 nitrogen and oxygen atoms in total. The minimum absolute atomic E-state index is 0.0345. The molecular formula is C11H16ClN3O2. The van der Waals surface area contributed by atoms with Crippen LogP contribution in [0.25, 0.3) is 0 Å². The minimum atomic E-state index is -0.104. The Hall–Kier alpha value is -1.04. The van der Waals surface area contributed by atoms with Gasteiger partial charge in [-0.25, -0.2) is 0 Å². The smallest absolute Gasteiger partial charge is 0.259 e. The second kappa shape index (κ2) is 5.08. The maximum absolute atomic E-state index is 12.3. The number of amides is 1. The normalized spacial score (nSPS) is 21.8. The van der Waals surface area contributed by atoms with Crippen LogP contribution < -0.4 is 5.73 Å². The second-order valence-electron chi connectivity index (χ2n) is 4.26. The first-order chi connectivity index (χ1) is 8.13. The van der Waals surface area contributed by atoms with E-state index in [1.54, 1.807) is 11.0 Å². The van der Waals surface area contributed by atoms with Crippen LogP contribution in [0.15, 0.2) is 16.7 Å². The first-order valence-electron chi connectivity index (χ1n) is 5.56. The fourth-order valence-electron chi connectivity index (χ4n) is 2.08. The zero-order chi connectivity index (χ0) is 12.4. The number of furan rings is 1. The number of carbonyl (C=O) groups excluding carboxylic acids is 1. The summed E-state index contributed by atoms with van der Waals surface area (Å²) in [5.74, 6) is -0.104. The molecule has 1 amide bonds. The van der Waals surface area contributed by atoms with Crippen LogP contribution >= 0.6 is 11.6 Å². The number of hydrogen-bond donors (Lipinski definition) is 1. The molecule has 0 radical (unpaired) electrons. The van der Waals surface area contributed by atoms with Crippen molar-refractivity contribution in [2.75, 3.05) is 33.2 Å². The zero-order valence-electron chi connectivity index (χ0n) is 9.73. The third kappa shape index (κ3) is 2.46. The van der Waals surface area contributed by atoms with Crippen molar-refractivity contribution in [3.63, 3.8) is 0 Å². The van der Waals surface area contributed by atoms with E-state index in [0.29, 0.717) is 18.7 Å². The highest BCUT2D eigenvalue weighted by molar-refractivity contribution is 6.32. The monoisotopic (exact) mass is 257 g/mol. The van der Waals surface area contributed by atoms with Crippen LogP contribution in [-0.4, -0.2) is 55.0 Å². The van der Waals surface area contributed by atoms with Crippen molar-refractivity contribution < 1.29 is 9.21 Å². The number of nitrogens with two attached hydrogens (primary N) is 1. The molecule has 2 heterocycles. The Morgan fingerprint density at radius 3 is 3.00 bits per heavy atom. The molecule has 0 spiro atoms. The minimum Gasteiger partial charge on any atom is -0.452 e. The highest BCUT2D eigenvalue weighted by Gasteiger charge is 2.30. The summed E-state index contributed by atoms with van der Waals surface area (Å²) in [5.41, 5.74) is 6.12. The molecule has 0 aliphatic carbocycles. The fourth-order valence-corrected chi connectivity index (χ4v) is 2.28. The number of nitrogens with zero attached hydrogens (tertiary/aromatic N) is 2. The molecule has 1 aliphatic rings. The van der Waals surface area contributed by atoms with Crippen molar-refractivity contribution in [1.82, 2.24) is 9.80 Å². The lowest BCUT2D eigenvalue weighted by atomic mass is 10.1. The van der Waals surface area contributed by atoms with Gasteiger partial charge in [-0.05, 0) is 24.7 Å². The Bertz CT molecular complexity index is 407. The predicted octanol–water partition coefficient (Wildman–Crippen LogP) is 0.648. The maximum atomic E-state index is 12.3. The van der Waals surface area contributed by atoms with Crippen LogP contribution in [0.1, 0.15) is 10.4 Å². The summed E-state index contributed by atoms with van der Waals surface area (Å²) in [5, 5.41) is 0.143. The number of piperazine rings is 1. The molecule has 6 heteroatoms. The van der Waals surface area contributed by atoms with E-state index in [2.05, 4.69) is 4.90 Å². The fraction of sp³-hybridized carbons (Fsp3) is 0.545. The van der Waals surface area contributed by atoms with E-state index in [1.807, 2.05) is 7.05 Å². The van der Waals surface area contributed by atoms with Crippen molar-refractivity contribution in [1.29, 1.82) is 0 Å². The summed E-state index contributed by atoms with van der Waals surface area (Å²) in [6.07, 6.45) is 1.42. The Kier molecular flexibility index (Phi) is 3.71. The van der Waals surface area contributed by atoms with Crippen molar-refractivity contribution >= 4 is 17.5 Å². The molecule has 2 N–H and O–H groups in total. The lowest BCUT2D eigenvalue weighted by molar-refractivity contribution is 0.0515. The van der Waals surface area contributed by atoms with E-state index < -0.39 is 0 Å². The summed E-state index contributed by atoms with van der Waals surface area (Å²) >= 11 is 5.82. The van der Waals surface area contributed by atoms with Crippen molar-refractivity contribution in [2.45, 2.75) is 6.04 Å². The second-order valence-corrected chi connectivity index (χ2v) is 4.60. The number of halogens is 1. The summed E-state index contributed by atoms with van der Waals surface area (Å²) in [4.78, 5) is 16.2. The van der Waals surface area contributed by atoms with Gasteiger partial charge in [0.25, 0.3) is 5.91 Å². The van der Waals surface area contributed by atoms with Gasteiger partial charge in [0, 0.05) is 26.2 Å². The van der Waals surface area contributed by atoms with E-state index in [0.717, 1.165) is 13.1 Å².